The molecule has 0 aromatic carbocycles. The average molecular weight is 237 g/mol. The molecule has 0 aliphatic carbocycles. The molecule has 0 saturated heterocycles. The molecule has 84 valence electrons. The average Bonchev–Trinajstić information content (AvgIpc) is 2.65. The van der Waals surface area contributed by atoms with Crippen LogP contribution in [0, 0.1) is 0 Å². The van der Waals surface area contributed by atoms with E-state index in [1.165, 1.54) is 0 Å². The predicted octanol–water partition coefficient (Wildman–Crippen LogP) is 2.10. The fourth-order valence-electron chi connectivity index (χ4n) is 1.50. The number of aromatic nitrogens is 3. The molecule has 0 bridgehead atoms. The van der Waals surface area contributed by atoms with Gasteiger partial charge in [-0.25, -0.2) is 4.98 Å². The molecule has 5 heteroatoms. The molecule has 0 amide bonds. The minimum Gasteiger partial charge on any atom is -0.355 e. The smallest absolute Gasteiger partial charge is 0.128 e. The highest BCUT2D eigenvalue weighted by Gasteiger charge is 2.04. The standard InChI is InChI=1S/C11H13ClN4/c1-15(7-9-5-14-16(2)8-9)11-4-3-10(12)6-13-11/h3-6,8H,7H2,1-2H3. The van der Waals surface area contributed by atoms with Crippen molar-refractivity contribution in [3.05, 3.63) is 41.3 Å². The molecule has 16 heavy (non-hydrogen) atoms. The molecule has 2 heterocycles. The zero-order valence-electron chi connectivity index (χ0n) is 9.26. The molecule has 0 aliphatic rings. The summed E-state index contributed by atoms with van der Waals surface area (Å²) in [5.74, 6) is 0.897. The van der Waals surface area contributed by atoms with Crippen LogP contribution in [-0.4, -0.2) is 21.8 Å². The van der Waals surface area contributed by atoms with Crippen LogP contribution < -0.4 is 4.90 Å². The van der Waals surface area contributed by atoms with Gasteiger partial charge in [-0.15, -0.1) is 0 Å². The molecular formula is C11H13ClN4. The number of rotatable bonds is 3. The summed E-state index contributed by atoms with van der Waals surface area (Å²) < 4.78 is 1.79. The molecule has 2 rings (SSSR count). The van der Waals surface area contributed by atoms with Crippen LogP contribution in [0.4, 0.5) is 5.82 Å². The summed E-state index contributed by atoms with van der Waals surface area (Å²) in [5.41, 5.74) is 1.15. The Balaban J connectivity index is 2.08. The number of nitrogens with zero attached hydrogens (tertiary/aromatic N) is 4. The zero-order chi connectivity index (χ0) is 11.5. The van der Waals surface area contributed by atoms with Crippen LogP contribution in [0.5, 0.6) is 0 Å². The lowest BCUT2D eigenvalue weighted by Gasteiger charge is -2.16. The van der Waals surface area contributed by atoms with E-state index in [2.05, 4.69) is 10.1 Å². The maximum atomic E-state index is 5.79. The van der Waals surface area contributed by atoms with Gasteiger partial charge in [0.15, 0.2) is 0 Å². The van der Waals surface area contributed by atoms with Crippen molar-refractivity contribution in [3.63, 3.8) is 0 Å². The molecule has 0 aliphatic heterocycles. The Morgan fingerprint density at radius 2 is 2.19 bits per heavy atom. The van der Waals surface area contributed by atoms with E-state index in [4.69, 9.17) is 11.6 Å². The van der Waals surface area contributed by atoms with Gasteiger partial charge in [0.1, 0.15) is 5.82 Å². The van der Waals surface area contributed by atoms with Crippen LogP contribution in [0.15, 0.2) is 30.7 Å². The quantitative estimate of drug-likeness (QED) is 0.819. The van der Waals surface area contributed by atoms with Crippen LogP contribution in [0.1, 0.15) is 5.56 Å². The van der Waals surface area contributed by atoms with Crippen LogP contribution in [0.2, 0.25) is 5.02 Å². The first-order valence-corrected chi connectivity index (χ1v) is 5.33. The summed E-state index contributed by atoms with van der Waals surface area (Å²) in [6.45, 7) is 0.780. The summed E-state index contributed by atoms with van der Waals surface area (Å²) in [7, 11) is 3.90. The van der Waals surface area contributed by atoms with Crippen molar-refractivity contribution in [1.82, 2.24) is 14.8 Å². The van der Waals surface area contributed by atoms with E-state index in [-0.39, 0.29) is 0 Å². The van der Waals surface area contributed by atoms with E-state index < -0.39 is 0 Å². The Morgan fingerprint density at radius 1 is 1.38 bits per heavy atom. The normalized spacial score (nSPS) is 10.4. The Kier molecular flexibility index (Phi) is 3.10. The van der Waals surface area contributed by atoms with Crippen molar-refractivity contribution in [2.75, 3.05) is 11.9 Å². The number of hydrogen-bond donors (Lipinski definition) is 0. The molecule has 0 saturated carbocycles. The van der Waals surface area contributed by atoms with Gasteiger partial charge in [-0.05, 0) is 12.1 Å². The second kappa shape index (κ2) is 4.53. The van der Waals surface area contributed by atoms with Crippen molar-refractivity contribution in [2.24, 2.45) is 7.05 Å². The van der Waals surface area contributed by atoms with Crippen LogP contribution in [0.25, 0.3) is 0 Å². The first kappa shape index (κ1) is 11.0. The Hall–Kier alpha value is -1.55. The van der Waals surface area contributed by atoms with Gasteiger partial charge >= 0.3 is 0 Å². The maximum absolute atomic E-state index is 5.79. The topological polar surface area (TPSA) is 34.0 Å². The van der Waals surface area contributed by atoms with Crippen molar-refractivity contribution < 1.29 is 0 Å². The highest BCUT2D eigenvalue weighted by Crippen LogP contribution is 2.14. The minimum absolute atomic E-state index is 0.651. The van der Waals surface area contributed by atoms with Gasteiger partial charge in [-0.3, -0.25) is 4.68 Å². The Bertz CT molecular complexity index is 463. The number of aryl methyl sites for hydroxylation is 1. The number of hydrogen-bond acceptors (Lipinski definition) is 3. The second-order valence-electron chi connectivity index (χ2n) is 3.71. The number of pyridine rings is 1. The molecule has 0 unspecified atom stereocenters. The first-order chi connectivity index (χ1) is 7.65. The molecule has 4 nitrogen and oxygen atoms in total. The first-order valence-electron chi connectivity index (χ1n) is 4.95. The van der Waals surface area contributed by atoms with Crippen molar-refractivity contribution >= 4 is 17.4 Å². The lowest BCUT2D eigenvalue weighted by atomic mass is 10.3. The van der Waals surface area contributed by atoms with Crippen molar-refractivity contribution in [3.8, 4) is 0 Å². The highest BCUT2D eigenvalue weighted by atomic mass is 35.5. The third-order valence-corrected chi connectivity index (χ3v) is 2.50. The third kappa shape index (κ3) is 2.52. The van der Waals surface area contributed by atoms with E-state index in [1.54, 1.807) is 10.9 Å². The SMILES string of the molecule is CN(Cc1cnn(C)c1)c1ccc(Cl)cn1. The number of halogens is 1. The van der Waals surface area contributed by atoms with E-state index in [0.717, 1.165) is 17.9 Å². The largest absolute Gasteiger partial charge is 0.355 e. The highest BCUT2D eigenvalue weighted by molar-refractivity contribution is 6.30. The van der Waals surface area contributed by atoms with Crippen LogP contribution >= 0.6 is 11.6 Å². The zero-order valence-corrected chi connectivity index (χ0v) is 10.0. The van der Waals surface area contributed by atoms with Gasteiger partial charge in [0.25, 0.3) is 0 Å². The summed E-state index contributed by atoms with van der Waals surface area (Å²) in [6, 6.07) is 3.74. The number of anilines is 1. The van der Waals surface area contributed by atoms with E-state index in [0.29, 0.717) is 5.02 Å². The molecule has 0 N–H and O–H groups in total. The second-order valence-corrected chi connectivity index (χ2v) is 4.15. The molecule has 0 spiro atoms. The summed E-state index contributed by atoms with van der Waals surface area (Å²) >= 11 is 5.79. The molecular weight excluding hydrogens is 224 g/mol. The monoisotopic (exact) mass is 236 g/mol. The van der Waals surface area contributed by atoms with E-state index in [9.17, 15) is 0 Å². The van der Waals surface area contributed by atoms with Crippen LogP contribution in [0.3, 0.4) is 0 Å². The van der Waals surface area contributed by atoms with Crippen molar-refractivity contribution in [2.45, 2.75) is 6.54 Å². The molecule has 2 aromatic heterocycles. The van der Waals surface area contributed by atoms with Gasteiger partial charge in [0.2, 0.25) is 0 Å². The van der Waals surface area contributed by atoms with Crippen molar-refractivity contribution in [1.29, 1.82) is 0 Å². The fourth-order valence-corrected chi connectivity index (χ4v) is 1.61. The molecule has 0 atom stereocenters. The lowest BCUT2D eigenvalue weighted by Crippen LogP contribution is -2.17. The third-order valence-electron chi connectivity index (χ3n) is 2.28. The van der Waals surface area contributed by atoms with Gasteiger partial charge in [-0.2, -0.15) is 5.10 Å². The molecule has 2 aromatic rings. The summed E-state index contributed by atoms with van der Waals surface area (Å²) in [4.78, 5) is 6.30. The molecule has 0 fully saturated rings. The summed E-state index contributed by atoms with van der Waals surface area (Å²) in [6.07, 6.45) is 5.50. The van der Waals surface area contributed by atoms with E-state index >= 15 is 0 Å². The lowest BCUT2D eigenvalue weighted by molar-refractivity contribution is 0.766. The summed E-state index contributed by atoms with van der Waals surface area (Å²) in [5, 5.41) is 4.78. The van der Waals surface area contributed by atoms with Crippen LogP contribution in [-0.2, 0) is 13.6 Å². The fraction of sp³-hybridized carbons (Fsp3) is 0.273. The van der Waals surface area contributed by atoms with Gasteiger partial charge in [0, 0.05) is 38.6 Å². The maximum Gasteiger partial charge on any atom is 0.128 e. The molecule has 0 radical (unpaired) electrons. The Labute approximate surface area is 99.5 Å². The van der Waals surface area contributed by atoms with E-state index in [1.807, 2.05) is 43.5 Å². The van der Waals surface area contributed by atoms with Gasteiger partial charge < -0.3 is 4.90 Å². The predicted molar refractivity (Wildman–Crippen MR) is 64.6 cm³/mol. The van der Waals surface area contributed by atoms with Gasteiger partial charge in [-0.1, -0.05) is 11.6 Å². The van der Waals surface area contributed by atoms with Gasteiger partial charge in [0.05, 0.1) is 11.2 Å². The minimum atomic E-state index is 0.651. The Morgan fingerprint density at radius 3 is 2.75 bits per heavy atom.